The van der Waals surface area contributed by atoms with E-state index in [2.05, 4.69) is 20.2 Å². The van der Waals surface area contributed by atoms with Crippen LogP contribution in [-0.4, -0.2) is 27.1 Å². The molecule has 0 saturated carbocycles. The molecule has 0 saturated heterocycles. The van der Waals surface area contributed by atoms with Gasteiger partial charge in [0.15, 0.2) is 5.16 Å². The molecule has 0 unspecified atom stereocenters. The molecule has 0 N–H and O–H groups in total. The van der Waals surface area contributed by atoms with E-state index >= 15 is 0 Å². The van der Waals surface area contributed by atoms with Crippen LogP contribution in [0.2, 0.25) is 0 Å². The van der Waals surface area contributed by atoms with Crippen molar-refractivity contribution < 1.29 is 0 Å². The van der Waals surface area contributed by atoms with Crippen LogP contribution in [0.1, 0.15) is 6.42 Å². The molecule has 0 amide bonds. The van der Waals surface area contributed by atoms with Gasteiger partial charge in [-0.15, -0.1) is 10.2 Å². The Hall–Kier alpha value is -1.20. The maximum atomic E-state index is 8.02. The van der Waals surface area contributed by atoms with Crippen LogP contribution in [0.5, 0.6) is 0 Å². The summed E-state index contributed by atoms with van der Waals surface area (Å²) in [5.41, 5.74) is 8.02. The molecule has 0 aromatic carbocycles. The molecule has 7 heteroatoms. The molecule has 1 aromatic rings. The molecule has 1 aromatic heterocycles. The van der Waals surface area contributed by atoms with Gasteiger partial charge in [0.05, 0.1) is 0 Å². The molecular formula is C6H10N6S. The number of azide groups is 1. The van der Waals surface area contributed by atoms with Crippen molar-refractivity contribution in [3.8, 4) is 0 Å². The van der Waals surface area contributed by atoms with Gasteiger partial charge in [0.1, 0.15) is 6.33 Å². The smallest absolute Gasteiger partial charge is 0.190 e. The minimum absolute atomic E-state index is 0.543. The molecular weight excluding hydrogens is 188 g/mol. The predicted octanol–water partition coefficient (Wildman–Crippen LogP) is 1.61. The Morgan fingerprint density at radius 2 is 2.62 bits per heavy atom. The van der Waals surface area contributed by atoms with E-state index in [1.807, 2.05) is 11.6 Å². The Kier molecular flexibility index (Phi) is 4.14. The van der Waals surface area contributed by atoms with Crippen LogP contribution in [0, 0.1) is 0 Å². The standard InChI is InChI=1S/C6H10N6S/c1-12-5-9-10-6(12)13-4-2-3-8-11-7/h5H,2-4H2,1H3. The van der Waals surface area contributed by atoms with E-state index in [0.29, 0.717) is 6.54 Å². The first kappa shape index (κ1) is 9.88. The third-order valence-electron chi connectivity index (χ3n) is 1.37. The Labute approximate surface area is 80.0 Å². The summed E-state index contributed by atoms with van der Waals surface area (Å²) >= 11 is 1.61. The number of rotatable bonds is 5. The topological polar surface area (TPSA) is 79.5 Å². The molecule has 0 atom stereocenters. The third kappa shape index (κ3) is 3.35. The number of thioether (sulfide) groups is 1. The molecule has 1 rings (SSSR count). The molecule has 0 aliphatic heterocycles. The average molecular weight is 198 g/mol. The van der Waals surface area contributed by atoms with Crippen LogP contribution in [0.15, 0.2) is 16.6 Å². The van der Waals surface area contributed by atoms with Crippen molar-refractivity contribution >= 4 is 11.8 Å². The summed E-state index contributed by atoms with van der Waals surface area (Å²) < 4.78 is 1.86. The van der Waals surface area contributed by atoms with E-state index in [4.69, 9.17) is 5.53 Å². The zero-order valence-corrected chi connectivity index (χ0v) is 8.11. The van der Waals surface area contributed by atoms with Crippen LogP contribution in [0.4, 0.5) is 0 Å². The second-order valence-electron chi connectivity index (χ2n) is 2.38. The summed E-state index contributed by atoms with van der Waals surface area (Å²) in [7, 11) is 1.90. The Balaban J connectivity index is 2.20. The molecule has 13 heavy (non-hydrogen) atoms. The third-order valence-corrected chi connectivity index (χ3v) is 2.49. The summed E-state index contributed by atoms with van der Waals surface area (Å²) in [6, 6.07) is 0. The largest absolute Gasteiger partial charge is 0.312 e. The molecule has 0 fully saturated rings. The highest BCUT2D eigenvalue weighted by Crippen LogP contribution is 2.13. The number of hydrogen-bond donors (Lipinski definition) is 0. The normalized spacial score (nSPS) is 9.62. The molecule has 1 heterocycles. The zero-order chi connectivity index (χ0) is 9.52. The zero-order valence-electron chi connectivity index (χ0n) is 7.29. The number of nitrogens with zero attached hydrogens (tertiary/aromatic N) is 6. The second-order valence-corrected chi connectivity index (χ2v) is 3.44. The first-order chi connectivity index (χ1) is 6.34. The fraction of sp³-hybridized carbons (Fsp3) is 0.667. The summed E-state index contributed by atoms with van der Waals surface area (Å²) in [6.45, 7) is 0.543. The van der Waals surface area contributed by atoms with Crippen LogP contribution < -0.4 is 0 Å². The highest BCUT2D eigenvalue weighted by atomic mass is 32.2. The minimum Gasteiger partial charge on any atom is -0.312 e. The van der Waals surface area contributed by atoms with Gasteiger partial charge in [-0.05, 0) is 12.0 Å². The first-order valence-electron chi connectivity index (χ1n) is 3.82. The van der Waals surface area contributed by atoms with Crippen molar-refractivity contribution in [3.63, 3.8) is 0 Å². The van der Waals surface area contributed by atoms with E-state index < -0.39 is 0 Å². The fourth-order valence-corrected chi connectivity index (χ4v) is 1.56. The van der Waals surface area contributed by atoms with Crippen molar-refractivity contribution in [1.82, 2.24) is 14.8 Å². The quantitative estimate of drug-likeness (QED) is 0.237. The second kappa shape index (κ2) is 5.45. The molecule has 70 valence electrons. The van der Waals surface area contributed by atoms with Gasteiger partial charge in [-0.25, -0.2) is 0 Å². The van der Waals surface area contributed by atoms with Crippen LogP contribution >= 0.6 is 11.8 Å². The minimum atomic E-state index is 0.543. The number of aryl methyl sites for hydroxylation is 1. The molecule has 0 bridgehead atoms. The van der Waals surface area contributed by atoms with Crippen molar-refractivity contribution in [2.45, 2.75) is 11.6 Å². The lowest BCUT2D eigenvalue weighted by molar-refractivity contribution is 0.786. The Bertz CT molecular complexity index is 302. The molecule has 0 aliphatic rings. The van der Waals surface area contributed by atoms with Gasteiger partial charge in [-0.3, -0.25) is 0 Å². The van der Waals surface area contributed by atoms with Gasteiger partial charge >= 0.3 is 0 Å². The molecule has 0 spiro atoms. The highest BCUT2D eigenvalue weighted by molar-refractivity contribution is 7.99. The van der Waals surface area contributed by atoms with Crippen LogP contribution in [0.3, 0.4) is 0 Å². The number of aromatic nitrogens is 3. The lowest BCUT2D eigenvalue weighted by Crippen LogP contribution is -1.91. The van der Waals surface area contributed by atoms with Crippen molar-refractivity contribution in [1.29, 1.82) is 0 Å². The Morgan fingerprint density at radius 1 is 1.77 bits per heavy atom. The molecule has 6 nitrogen and oxygen atoms in total. The summed E-state index contributed by atoms with van der Waals surface area (Å²) in [5.74, 6) is 0.894. The maximum absolute atomic E-state index is 8.02. The van der Waals surface area contributed by atoms with Crippen molar-refractivity contribution in [2.24, 2.45) is 12.2 Å². The van der Waals surface area contributed by atoms with Crippen LogP contribution in [-0.2, 0) is 7.05 Å². The van der Waals surface area contributed by atoms with Crippen molar-refractivity contribution in [2.75, 3.05) is 12.3 Å². The van der Waals surface area contributed by atoms with Gasteiger partial charge in [-0.2, -0.15) is 0 Å². The average Bonchev–Trinajstić information content (AvgIpc) is 2.52. The van der Waals surface area contributed by atoms with E-state index in [-0.39, 0.29) is 0 Å². The predicted molar refractivity (Wildman–Crippen MR) is 50.4 cm³/mol. The van der Waals surface area contributed by atoms with Crippen molar-refractivity contribution in [3.05, 3.63) is 16.8 Å². The van der Waals surface area contributed by atoms with Gasteiger partial charge in [0, 0.05) is 24.3 Å². The van der Waals surface area contributed by atoms with E-state index in [0.717, 1.165) is 17.3 Å². The van der Waals surface area contributed by atoms with E-state index in [1.165, 1.54) is 0 Å². The lowest BCUT2D eigenvalue weighted by atomic mass is 10.5. The highest BCUT2D eigenvalue weighted by Gasteiger charge is 1.99. The maximum Gasteiger partial charge on any atom is 0.190 e. The summed E-state index contributed by atoms with van der Waals surface area (Å²) in [4.78, 5) is 2.67. The summed E-state index contributed by atoms with van der Waals surface area (Å²) in [5, 5.41) is 12.0. The van der Waals surface area contributed by atoms with Crippen LogP contribution in [0.25, 0.3) is 10.4 Å². The molecule has 0 aliphatic carbocycles. The summed E-state index contributed by atoms with van der Waals surface area (Å²) in [6.07, 6.45) is 2.53. The van der Waals surface area contributed by atoms with Gasteiger partial charge in [-0.1, -0.05) is 16.9 Å². The number of hydrogen-bond acceptors (Lipinski definition) is 4. The lowest BCUT2D eigenvalue weighted by Gasteiger charge is -1.97. The monoisotopic (exact) mass is 198 g/mol. The van der Waals surface area contributed by atoms with E-state index in [9.17, 15) is 0 Å². The van der Waals surface area contributed by atoms with Gasteiger partial charge in [0.2, 0.25) is 0 Å². The molecule has 0 radical (unpaired) electrons. The van der Waals surface area contributed by atoms with E-state index in [1.54, 1.807) is 18.1 Å². The first-order valence-corrected chi connectivity index (χ1v) is 4.81. The SMILES string of the molecule is Cn1cnnc1SCCCN=[N+]=[N-]. The Morgan fingerprint density at radius 3 is 3.23 bits per heavy atom. The fourth-order valence-electron chi connectivity index (χ4n) is 0.747. The van der Waals surface area contributed by atoms with Gasteiger partial charge < -0.3 is 4.57 Å². The van der Waals surface area contributed by atoms with Gasteiger partial charge in [0.25, 0.3) is 0 Å².